The lowest BCUT2D eigenvalue weighted by Crippen LogP contribution is -2.35. The lowest BCUT2D eigenvalue weighted by molar-refractivity contribution is -0.192. The molecule has 6 nitrogen and oxygen atoms in total. The highest BCUT2D eigenvalue weighted by Gasteiger charge is 2.38. The van der Waals surface area contributed by atoms with E-state index in [1.165, 1.54) is 11.8 Å². The molecule has 0 amide bonds. The molecule has 4 rings (SSSR count). The fourth-order valence-corrected chi connectivity index (χ4v) is 4.86. The van der Waals surface area contributed by atoms with Crippen LogP contribution in [0.2, 0.25) is 5.02 Å². The highest BCUT2D eigenvalue weighted by molar-refractivity contribution is 7.90. The second kappa shape index (κ2) is 13.3. The lowest BCUT2D eigenvalue weighted by atomic mass is 9.97. The molecule has 0 atom stereocenters. The van der Waals surface area contributed by atoms with E-state index in [1.54, 1.807) is 12.1 Å². The maximum absolute atomic E-state index is 11.6. The fraction of sp³-hybridized carbons (Fsp3) is 0.321. The van der Waals surface area contributed by atoms with Crippen molar-refractivity contribution in [2.24, 2.45) is 5.92 Å². The fourth-order valence-electron chi connectivity index (χ4n) is 4.03. The van der Waals surface area contributed by atoms with Crippen molar-refractivity contribution in [1.29, 1.82) is 0 Å². The molecule has 3 aromatic rings. The van der Waals surface area contributed by atoms with Crippen LogP contribution in [-0.2, 0) is 21.2 Å². The Kier molecular flexibility index (Phi) is 10.4. The van der Waals surface area contributed by atoms with Gasteiger partial charge in [-0.1, -0.05) is 54.1 Å². The van der Waals surface area contributed by atoms with Crippen LogP contribution in [0.3, 0.4) is 0 Å². The summed E-state index contributed by atoms with van der Waals surface area (Å²) in [6.07, 6.45) is -1.62. The summed E-state index contributed by atoms with van der Waals surface area (Å²) in [6, 6.07) is 23.0. The molecule has 3 aromatic carbocycles. The molecule has 39 heavy (non-hydrogen) atoms. The van der Waals surface area contributed by atoms with E-state index in [0.717, 1.165) is 61.0 Å². The highest BCUT2D eigenvalue weighted by Crippen LogP contribution is 2.26. The molecule has 0 radical (unpaired) electrons. The summed E-state index contributed by atoms with van der Waals surface area (Å²) in [5.74, 6) is -1.34. The van der Waals surface area contributed by atoms with E-state index in [4.69, 9.17) is 26.2 Å². The van der Waals surface area contributed by atoms with E-state index in [-0.39, 0.29) is 0 Å². The molecule has 1 aliphatic heterocycles. The number of halogens is 4. The number of rotatable bonds is 7. The third-order valence-corrected chi connectivity index (χ3v) is 7.75. The Morgan fingerprint density at radius 3 is 1.97 bits per heavy atom. The number of ether oxygens (including phenoxy) is 1. The number of likely N-dealkylation sites (tertiary alicyclic amines) is 1. The van der Waals surface area contributed by atoms with Gasteiger partial charge in [-0.2, -0.15) is 13.2 Å². The lowest BCUT2D eigenvalue weighted by Gasteiger charge is -2.32. The largest absolute Gasteiger partial charge is 0.493 e. The normalized spacial score (nSPS) is 14.8. The van der Waals surface area contributed by atoms with E-state index in [0.29, 0.717) is 10.8 Å². The predicted octanol–water partition coefficient (Wildman–Crippen LogP) is 6.33. The summed E-state index contributed by atoms with van der Waals surface area (Å²) in [5, 5.41) is 7.97. The molecule has 1 heterocycles. The van der Waals surface area contributed by atoms with Crippen LogP contribution in [0.5, 0.6) is 5.75 Å². The molecule has 1 N–H and O–H groups in total. The number of sulfone groups is 1. The Hall–Kier alpha value is -3.08. The molecule has 1 aliphatic rings. The Balaban J connectivity index is 0.000000532. The Morgan fingerprint density at radius 1 is 0.974 bits per heavy atom. The van der Waals surface area contributed by atoms with Gasteiger partial charge < -0.3 is 9.84 Å². The zero-order valence-corrected chi connectivity index (χ0v) is 22.8. The maximum Gasteiger partial charge on any atom is 0.490 e. The first-order valence-corrected chi connectivity index (χ1v) is 14.4. The number of alkyl halides is 3. The van der Waals surface area contributed by atoms with Gasteiger partial charge in [0.1, 0.15) is 5.75 Å². The van der Waals surface area contributed by atoms with Gasteiger partial charge in [-0.3, -0.25) is 4.90 Å². The molecule has 1 saturated heterocycles. The van der Waals surface area contributed by atoms with Gasteiger partial charge in [0.25, 0.3) is 0 Å². The smallest absolute Gasteiger partial charge is 0.490 e. The van der Waals surface area contributed by atoms with Crippen LogP contribution >= 0.6 is 11.6 Å². The molecule has 210 valence electrons. The van der Waals surface area contributed by atoms with Crippen LogP contribution in [0.1, 0.15) is 18.4 Å². The summed E-state index contributed by atoms with van der Waals surface area (Å²) in [5.41, 5.74) is 3.20. The molecule has 1 fully saturated rings. The Morgan fingerprint density at radius 2 is 1.49 bits per heavy atom. The monoisotopic (exact) mass is 583 g/mol. The van der Waals surface area contributed by atoms with Gasteiger partial charge in [0, 0.05) is 17.8 Å². The number of carboxylic acid groups (broad SMARTS) is 1. The predicted molar refractivity (Wildman–Crippen MR) is 144 cm³/mol. The standard InChI is InChI=1S/C26H28ClNO3S.C2HF3O2/c1-32(29,30)25-12-8-22(9-13-25)21-6-10-24(11-7-21)31-19-20-14-16-28(17-15-20)18-23-4-2-3-5-26(23)27;3-2(4,5)1(6)7/h2-13,20H,14-19H2,1H3;(H,6,7). The van der Waals surface area contributed by atoms with Gasteiger partial charge in [-0.25, -0.2) is 13.2 Å². The van der Waals surface area contributed by atoms with Crippen LogP contribution in [0.25, 0.3) is 11.1 Å². The quantitative estimate of drug-likeness (QED) is 0.350. The zero-order chi connectivity index (χ0) is 28.6. The zero-order valence-electron chi connectivity index (χ0n) is 21.2. The minimum atomic E-state index is -5.08. The van der Waals surface area contributed by atoms with Crippen molar-refractivity contribution in [2.75, 3.05) is 26.0 Å². The number of hydrogen-bond donors (Lipinski definition) is 1. The van der Waals surface area contributed by atoms with E-state index in [9.17, 15) is 21.6 Å². The maximum atomic E-state index is 11.6. The summed E-state index contributed by atoms with van der Waals surface area (Å²) in [4.78, 5) is 11.7. The van der Waals surface area contributed by atoms with Gasteiger partial charge >= 0.3 is 12.1 Å². The first-order valence-electron chi connectivity index (χ1n) is 12.1. The van der Waals surface area contributed by atoms with Crippen molar-refractivity contribution in [2.45, 2.75) is 30.5 Å². The number of carboxylic acids is 1. The van der Waals surface area contributed by atoms with Crippen molar-refractivity contribution in [3.63, 3.8) is 0 Å². The number of nitrogens with zero attached hydrogens (tertiary/aromatic N) is 1. The minimum absolute atomic E-state index is 0.333. The molecule has 0 saturated carbocycles. The van der Waals surface area contributed by atoms with Gasteiger partial charge in [0.05, 0.1) is 11.5 Å². The Labute approximate surface area is 230 Å². The third-order valence-electron chi connectivity index (χ3n) is 6.26. The topological polar surface area (TPSA) is 83.9 Å². The van der Waals surface area contributed by atoms with Crippen LogP contribution in [0, 0.1) is 5.92 Å². The van der Waals surface area contributed by atoms with E-state index >= 15 is 0 Å². The molecule has 11 heteroatoms. The van der Waals surface area contributed by atoms with Crippen molar-refractivity contribution < 1.29 is 36.2 Å². The van der Waals surface area contributed by atoms with Crippen molar-refractivity contribution in [1.82, 2.24) is 4.90 Å². The average Bonchev–Trinajstić information content (AvgIpc) is 2.89. The average molecular weight is 584 g/mol. The van der Waals surface area contributed by atoms with Crippen LogP contribution < -0.4 is 4.74 Å². The van der Waals surface area contributed by atoms with Crippen molar-refractivity contribution in [3.8, 4) is 16.9 Å². The summed E-state index contributed by atoms with van der Waals surface area (Å²) in [6.45, 7) is 3.74. The summed E-state index contributed by atoms with van der Waals surface area (Å²) in [7, 11) is -3.18. The molecular weight excluding hydrogens is 555 g/mol. The van der Waals surface area contributed by atoms with E-state index in [2.05, 4.69) is 11.0 Å². The summed E-state index contributed by atoms with van der Waals surface area (Å²) >= 11 is 6.29. The molecule has 0 bridgehead atoms. The van der Waals surface area contributed by atoms with Gasteiger partial charge in [-0.05, 0) is 78.9 Å². The van der Waals surface area contributed by atoms with E-state index in [1.807, 2.05) is 54.6 Å². The van der Waals surface area contributed by atoms with Crippen LogP contribution in [-0.4, -0.2) is 56.5 Å². The third kappa shape index (κ3) is 9.56. The number of hydrogen-bond acceptors (Lipinski definition) is 5. The van der Waals surface area contributed by atoms with E-state index < -0.39 is 22.0 Å². The first kappa shape index (κ1) is 30.5. The van der Waals surface area contributed by atoms with Crippen LogP contribution in [0.15, 0.2) is 77.7 Å². The van der Waals surface area contributed by atoms with Crippen molar-refractivity contribution in [3.05, 3.63) is 83.4 Å². The number of carbonyl (C=O) groups is 1. The van der Waals surface area contributed by atoms with Crippen molar-refractivity contribution >= 4 is 27.4 Å². The Bertz CT molecular complexity index is 1340. The number of aliphatic carboxylic acids is 1. The molecular formula is C28H29ClF3NO5S. The number of benzene rings is 3. The molecule has 0 aliphatic carbocycles. The van der Waals surface area contributed by atoms with Crippen LogP contribution in [0.4, 0.5) is 13.2 Å². The second-order valence-electron chi connectivity index (χ2n) is 9.25. The molecule has 0 spiro atoms. The van der Waals surface area contributed by atoms with Gasteiger partial charge in [-0.15, -0.1) is 0 Å². The number of piperidine rings is 1. The second-order valence-corrected chi connectivity index (χ2v) is 11.7. The van der Waals surface area contributed by atoms with Gasteiger partial charge in [0.2, 0.25) is 0 Å². The molecule has 0 aromatic heterocycles. The minimum Gasteiger partial charge on any atom is -0.493 e. The summed E-state index contributed by atoms with van der Waals surface area (Å²) < 4.78 is 61.0. The highest BCUT2D eigenvalue weighted by atomic mass is 35.5. The molecule has 0 unspecified atom stereocenters. The SMILES string of the molecule is CS(=O)(=O)c1ccc(-c2ccc(OCC3CCN(Cc4ccccc4Cl)CC3)cc2)cc1.O=C(O)C(F)(F)F. The van der Waals surface area contributed by atoms with Gasteiger partial charge in [0.15, 0.2) is 9.84 Å². The first-order chi connectivity index (χ1) is 18.3.